The predicted octanol–water partition coefficient (Wildman–Crippen LogP) is 5.24. The lowest BCUT2D eigenvalue weighted by molar-refractivity contribution is -0.148. The number of carbonyl (C=O) groups excluding carboxylic acids is 2. The lowest BCUT2D eigenvalue weighted by Gasteiger charge is -2.34. The van der Waals surface area contributed by atoms with Crippen molar-refractivity contribution in [2.24, 2.45) is 11.8 Å². The van der Waals surface area contributed by atoms with E-state index in [0.717, 1.165) is 57.7 Å². The standard InChI is InChI=1S/C31H40N2O3/c1-22-4-3-17-32(22)18-15-23-5-7-24(8-6-23)27-13-14-29-21-33(19-16-28(29)20-27)30(34)25-9-11-26(12-10-25)31(35)36-2/h5-8,13-14,20,22,25-26H,3-4,9-12,15-19,21H2,1-2H3/t22-,25-,26-/m1/s1. The fraction of sp³-hybridized carbons (Fsp3) is 0.548. The van der Waals surface area contributed by atoms with Gasteiger partial charge in [0.1, 0.15) is 0 Å². The van der Waals surface area contributed by atoms with Crippen LogP contribution in [0.25, 0.3) is 11.1 Å². The Hall–Kier alpha value is -2.66. The first-order chi connectivity index (χ1) is 17.5. The minimum Gasteiger partial charge on any atom is -0.469 e. The van der Waals surface area contributed by atoms with Gasteiger partial charge < -0.3 is 14.5 Å². The van der Waals surface area contributed by atoms with E-state index >= 15 is 0 Å². The van der Waals surface area contributed by atoms with Gasteiger partial charge in [-0.25, -0.2) is 0 Å². The van der Waals surface area contributed by atoms with Crippen LogP contribution in [0.1, 0.15) is 62.1 Å². The first-order valence-corrected chi connectivity index (χ1v) is 13.8. The van der Waals surface area contributed by atoms with Crippen LogP contribution in [0.15, 0.2) is 42.5 Å². The van der Waals surface area contributed by atoms with Gasteiger partial charge in [-0.1, -0.05) is 42.5 Å². The molecule has 1 amide bonds. The molecule has 5 rings (SSSR count). The minimum atomic E-state index is -0.130. The third-order valence-corrected chi connectivity index (χ3v) is 8.81. The molecule has 2 aliphatic heterocycles. The van der Waals surface area contributed by atoms with E-state index < -0.39 is 0 Å². The van der Waals surface area contributed by atoms with Crippen LogP contribution in [-0.4, -0.2) is 54.5 Å². The maximum atomic E-state index is 13.2. The maximum Gasteiger partial charge on any atom is 0.308 e. The quantitative estimate of drug-likeness (QED) is 0.522. The number of rotatable bonds is 6. The lowest BCUT2D eigenvalue weighted by atomic mass is 9.81. The number of methoxy groups -OCH3 is 1. The highest BCUT2D eigenvalue weighted by molar-refractivity contribution is 5.80. The molecular weight excluding hydrogens is 448 g/mol. The summed E-state index contributed by atoms with van der Waals surface area (Å²) in [6, 6.07) is 16.5. The molecule has 1 saturated carbocycles. The summed E-state index contributed by atoms with van der Waals surface area (Å²) in [5.41, 5.74) is 6.55. The van der Waals surface area contributed by atoms with Crippen molar-refractivity contribution in [2.45, 2.75) is 70.9 Å². The summed E-state index contributed by atoms with van der Waals surface area (Å²) < 4.78 is 4.89. The van der Waals surface area contributed by atoms with E-state index in [0.29, 0.717) is 6.54 Å². The summed E-state index contributed by atoms with van der Waals surface area (Å²) in [5, 5.41) is 0. The van der Waals surface area contributed by atoms with E-state index in [1.165, 1.54) is 54.3 Å². The molecule has 0 spiro atoms. The van der Waals surface area contributed by atoms with Gasteiger partial charge in [0.05, 0.1) is 13.0 Å². The van der Waals surface area contributed by atoms with E-state index in [4.69, 9.17) is 4.74 Å². The monoisotopic (exact) mass is 488 g/mol. The molecule has 3 aliphatic rings. The molecule has 36 heavy (non-hydrogen) atoms. The second-order valence-corrected chi connectivity index (χ2v) is 11.0. The zero-order valence-electron chi connectivity index (χ0n) is 21.9. The average Bonchev–Trinajstić information content (AvgIpc) is 3.35. The Kier molecular flexibility index (Phi) is 7.76. The molecular formula is C31H40N2O3. The highest BCUT2D eigenvalue weighted by atomic mass is 16.5. The third-order valence-electron chi connectivity index (χ3n) is 8.81. The molecule has 2 aromatic rings. The van der Waals surface area contributed by atoms with Crippen molar-refractivity contribution < 1.29 is 14.3 Å². The number of nitrogens with zero attached hydrogens (tertiary/aromatic N) is 2. The zero-order valence-corrected chi connectivity index (χ0v) is 21.9. The number of carbonyl (C=O) groups is 2. The smallest absolute Gasteiger partial charge is 0.308 e. The number of benzene rings is 2. The van der Waals surface area contributed by atoms with Gasteiger partial charge in [0, 0.05) is 31.6 Å². The topological polar surface area (TPSA) is 49.9 Å². The van der Waals surface area contributed by atoms with Gasteiger partial charge in [0.2, 0.25) is 5.91 Å². The van der Waals surface area contributed by atoms with Crippen molar-refractivity contribution >= 4 is 11.9 Å². The molecule has 0 unspecified atom stereocenters. The average molecular weight is 489 g/mol. The Morgan fingerprint density at radius 3 is 2.31 bits per heavy atom. The molecule has 0 bridgehead atoms. The summed E-state index contributed by atoms with van der Waals surface area (Å²) >= 11 is 0. The van der Waals surface area contributed by atoms with Crippen molar-refractivity contribution in [1.82, 2.24) is 9.80 Å². The zero-order chi connectivity index (χ0) is 25.1. The first kappa shape index (κ1) is 25.0. The molecule has 0 N–H and O–H groups in total. The second-order valence-electron chi connectivity index (χ2n) is 11.0. The van der Waals surface area contributed by atoms with Crippen LogP contribution < -0.4 is 0 Å². The molecule has 5 heteroatoms. The number of hydrogen-bond acceptors (Lipinski definition) is 4. The largest absolute Gasteiger partial charge is 0.469 e. The van der Waals surface area contributed by atoms with E-state index in [-0.39, 0.29) is 23.7 Å². The maximum absolute atomic E-state index is 13.2. The summed E-state index contributed by atoms with van der Waals surface area (Å²) in [6.45, 7) is 6.22. The number of hydrogen-bond donors (Lipinski definition) is 0. The molecule has 0 radical (unpaired) electrons. The van der Waals surface area contributed by atoms with Gasteiger partial charge in [-0.05, 0) is 92.7 Å². The molecule has 2 aromatic carbocycles. The van der Waals surface area contributed by atoms with Gasteiger partial charge >= 0.3 is 5.97 Å². The predicted molar refractivity (Wildman–Crippen MR) is 142 cm³/mol. The Balaban J connectivity index is 1.17. The Morgan fingerprint density at radius 2 is 1.61 bits per heavy atom. The third kappa shape index (κ3) is 5.51. The summed E-state index contributed by atoms with van der Waals surface area (Å²) in [7, 11) is 1.45. The van der Waals surface area contributed by atoms with E-state index in [1.807, 2.05) is 4.90 Å². The van der Waals surface area contributed by atoms with Crippen LogP contribution in [-0.2, 0) is 33.7 Å². The van der Waals surface area contributed by atoms with E-state index in [2.05, 4.69) is 54.3 Å². The van der Waals surface area contributed by atoms with E-state index in [1.54, 1.807) is 0 Å². The molecule has 0 aromatic heterocycles. The SMILES string of the molecule is COC(=O)[C@H]1CC[C@H](C(=O)N2CCc3cc(-c4ccc(CCN5CCC[C@H]5C)cc4)ccc3C2)CC1. The van der Waals surface area contributed by atoms with Crippen LogP contribution >= 0.6 is 0 Å². The van der Waals surface area contributed by atoms with Gasteiger partial charge in [-0.15, -0.1) is 0 Å². The molecule has 1 saturated heterocycles. The van der Waals surface area contributed by atoms with Crippen LogP contribution in [0.2, 0.25) is 0 Å². The number of amides is 1. The van der Waals surface area contributed by atoms with Crippen molar-refractivity contribution in [3.63, 3.8) is 0 Å². The number of esters is 1. The van der Waals surface area contributed by atoms with Crippen LogP contribution in [0.3, 0.4) is 0 Å². The molecule has 1 aliphatic carbocycles. The molecule has 2 fully saturated rings. The van der Waals surface area contributed by atoms with Crippen molar-refractivity contribution in [3.05, 3.63) is 59.2 Å². The van der Waals surface area contributed by atoms with Crippen molar-refractivity contribution in [1.29, 1.82) is 0 Å². The second kappa shape index (κ2) is 11.2. The Labute approximate surface area is 215 Å². The Morgan fingerprint density at radius 1 is 0.889 bits per heavy atom. The fourth-order valence-corrected chi connectivity index (χ4v) is 6.38. The minimum absolute atomic E-state index is 0.0395. The number of ether oxygens (including phenoxy) is 1. The van der Waals surface area contributed by atoms with Crippen LogP contribution in [0.5, 0.6) is 0 Å². The molecule has 2 heterocycles. The van der Waals surface area contributed by atoms with E-state index in [9.17, 15) is 9.59 Å². The first-order valence-electron chi connectivity index (χ1n) is 13.8. The number of likely N-dealkylation sites (tertiary alicyclic amines) is 1. The van der Waals surface area contributed by atoms with Gasteiger partial charge in [-0.3, -0.25) is 9.59 Å². The number of fused-ring (bicyclic) bond motifs is 1. The summed E-state index contributed by atoms with van der Waals surface area (Å²) in [5.74, 6) is 0.128. The highest BCUT2D eigenvalue weighted by Crippen LogP contribution is 2.33. The van der Waals surface area contributed by atoms with Gasteiger partial charge in [0.25, 0.3) is 0 Å². The highest BCUT2D eigenvalue weighted by Gasteiger charge is 2.33. The van der Waals surface area contributed by atoms with Crippen LogP contribution in [0, 0.1) is 11.8 Å². The van der Waals surface area contributed by atoms with Crippen molar-refractivity contribution in [2.75, 3.05) is 26.7 Å². The summed E-state index contributed by atoms with van der Waals surface area (Å²) in [6.07, 6.45) is 7.77. The Bertz CT molecular complexity index is 1070. The lowest BCUT2D eigenvalue weighted by Crippen LogP contribution is -2.41. The normalized spacial score (nSPS) is 24.4. The molecule has 192 valence electrons. The summed E-state index contributed by atoms with van der Waals surface area (Å²) in [4.78, 5) is 29.6. The molecule has 1 atom stereocenters. The van der Waals surface area contributed by atoms with Crippen LogP contribution in [0.4, 0.5) is 0 Å². The van der Waals surface area contributed by atoms with Gasteiger partial charge in [0.15, 0.2) is 0 Å². The van der Waals surface area contributed by atoms with Gasteiger partial charge in [-0.2, -0.15) is 0 Å². The molecule has 5 nitrogen and oxygen atoms in total. The fourth-order valence-electron chi connectivity index (χ4n) is 6.38. The van der Waals surface area contributed by atoms with Crippen molar-refractivity contribution in [3.8, 4) is 11.1 Å².